The van der Waals surface area contributed by atoms with Crippen molar-refractivity contribution in [1.29, 1.82) is 0 Å². The number of anilines is 1. The smallest absolute Gasteiger partial charge is 0.306 e. The fourth-order valence-corrected chi connectivity index (χ4v) is 3.09. The molecule has 35 heavy (non-hydrogen) atoms. The molecule has 184 valence electrons. The number of aromatic nitrogens is 2. The Bertz CT molecular complexity index is 1330. The van der Waals surface area contributed by atoms with E-state index in [1.807, 2.05) is 5.32 Å². The Morgan fingerprint density at radius 3 is 2.60 bits per heavy atom. The largest absolute Gasteiger partial charge is 0.453 e. The average molecular weight is 490 g/mol. The normalized spacial score (nSPS) is 11.7. The van der Waals surface area contributed by atoms with Crippen LogP contribution in [0.1, 0.15) is 25.6 Å². The number of aromatic amines is 1. The van der Waals surface area contributed by atoms with Gasteiger partial charge in [0, 0.05) is 12.8 Å². The van der Waals surface area contributed by atoms with Gasteiger partial charge in [0.15, 0.2) is 23.6 Å². The number of carbonyl (C=O) groups excluding carboxylic acids is 3. The number of nitrogens with zero attached hydrogens (tertiary/aromatic N) is 1. The van der Waals surface area contributed by atoms with E-state index in [1.165, 1.54) is 6.92 Å². The van der Waals surface area contributed by atoms with Crippen molar-refractivity contribution in [3.05, 3.63) is 70.0 Å². The predicted octanol–water partition coefficient (Wildman–Crippen LogP) is 2.35. The molecule has 3 aromatic rings. The fourth-order valence-electron chi connectivity index (χ4n) is 3.09. The van der Waals surface area contributed by atoms with E-state index < -0.39 is 53.6 Å². The number of rotatable bonds is 9. The molecule has 0 spiro atoms. The maximum Gasteiger partial charge on any atom is 0.306 e. The summed E-state index contributed by atoms with van der Waals surface area (Å²) in [7, 11) is 0. The Morgan fingerprint density at radius 1 is 1.09 bits per heavy atom. The molecule has 0 aliphatic heterocycles. The lowest BCUT2D eigenvalue weighted by molar-refractivity contribution is -0.154. The molecule has 3 N–H and O–H groups in total. The SMILES string of the molecule is CC(OC(=O)CCCc1nc2ccccc2c(=O)[nH]1)C(=O)NCC(=O)Nc1ccc(F)c(F)c1F. The number of ether oxygens (including phenoxy) is 1. The molecule has 2 aromatic carbocycles. The van der Waals surface area contributed by atoms with Gasteiger partial charge >= 0.3 is 5.97 Å². The first kappa shape index (κ1) is 25.4. The molecule has 0 radical (unpaired) electrons. The molecule has 1 unspecified atom stereocenters. The Labute approximate surface area is 196 Å². The Kier molecular flexibility index (Phi) is 8.18. The maximum absolute atomic E-state index is 13.6. The number of fused-ring (bicyclic) bond motifs is 1. The van der Waals surface area contributed by atoms with Gasteiger partial charge in [-0.3, -0.25) is 19.2 Å². The van der Waals surface area contributed by atoms with Crippen LogP contribution in [0.4, 0.5) is 18.9 Å². The molecule has 0 fully saturated rings. The van der Waals surface area contributed by atoms with Crippen LogP contribution in [-0.4, -0.2) is 40.4 Å². The van der Waals surface area contributed by atoms with Crippen LogP contribution in [0.2, 0.25) is 0 Å². The lowest BCUT2D eigenvalue weighted by Crippen LogP contribution is -2.40. The minimum atomic E-state index is -1.74. The number of aryl methyl sites for hydroxylation is 1. The predicted molar refractivity (Wildman–Crippen MR) is 119 cm³/mol. The standard InChI is InChI=1S/C23H21F3N4O5/c1-12(22(33)27-11-18(31)29-16-10-9-14(24)20(25)21(16)26)35-19(32)8-4-7-17-28-15-6-3-2-5-13(15)23(34)30-17/h2-3,5-6,9-10,12H,4,7-8,11H2,1H3,(H,27,33)(H,29,31)(H,28,30,34). The zero-order chi connectivity index (χ0) is 25.5. The topological polar surface area (TPSA) is 130 Å². The van der Waals surface area contributed by atoms with Gasteiger partial charge in [0.2, 0.25) is 5.91 Å². The Morgan fingerprint density at radius 2 is 1.83 bits per heavy atom. The first-order valence-electron chi connectivity index (χ1n) is 10.5. The minimum absolute atomic E-state index is 0.0515. The molecule has 12 heteroatoms. The number of para-hydroxylation sites is 1. The van der Waals surface area contributed by atoms with Crippen molar-refractivity contribution in [1.82, 2.24) is 15.3 Å². The first-order chi connectivity index (χ1) is 16.7. The van der Waals surface area contributed by atoms with Crippen molar-refractivity contribution in [3.8, 4) is 0 Å². The van der Waals surface area contributed by atoms with Gasteiger partial charge in [-0.1, -0.05) is 12.1 Å². The molecule has 9 nitrogen and oxygen atoms in total. The van der Waals surface area contributed by atoms with Gasteiger partial charge in [0.05, 0.1) is 23.1 Å². The molecular weight excluding hydrogens is 469 g/mol. The van der Waals surface area contributed by atoms with E-state index in [0.717, 1.165) is 6.07 Å². The van der Waals surface area contributed by atoms with Crippen molar-refractivity contribution < 1.29 is 32.3 Å². The number of halogens is 3. The zero-order valence-electron chi connectivity index (χ0n) is 18.5. The molecule has 1 atom stereocenters. The van der Waals surface area contributed by atoms with Crippen molar-refractivity contribution >= 4 is 34.4 Å². The summed E-state index contributed by atoms with van der Waals surface area (Å²) in [5.41, 5.74) is -0.338. The Hall–Kier alpha value is -4.22. The van der Waals surface area contributed by atoms with Crippen LogP contribution in [0, 0.1) is 17.5 Å². The molecular formula is C23H21F3N4O5. The highest BCUT2D eigenvalue weighted by molar-refractivity contribution is 5.95. The third-order valence-electron chi connectivity index (χ3n) is 4.87. The third-order valence-corrected chi connectivity index (χ3v) is 4.87. The quantitative estimate of drug-likeness (QED) is 0.312. The molecule has 1 heterocycles. The first-order valence-corrected chi connectivity index (χ1v) is 10.5. The van der Waals surface area contributed by atoms with E-state index in [9.17, 15) is 32.3 Å². The van der Waals surface area contributed by atoms with E-state index >= 15 is 0 Å². The van der Waals surface area contributed by atoms with Crippen LogP contribution in [0.15, 0.2) is 41.2 Å². The van der Waals surface area contributed by atoms with E-state index in [4.69, 9.17) is 4.74 Å². The number of benzene rings is 2. The third kappa shape index (κ3) is 6.65. The van der Waals surface area contributed by atoms with Gasteiger partial charge in [-0.15, -0.1) is 0 Å². The molecule has 2 amide bonds. The van der Waals surface area contributed by atoms with E-state index in [-0.39, 0.29) is 12.0 Å². The summed E-state index contributed by atoms with van der Waals surface area (Å²) in [4.78, 5) is 55.0. The van der Waals surface area contributed by atoms with Gasteiger partial charge in [-0.05, 0) is 37.6 Å². The summed E-state index contributed by atoms with van der Waals surface area (Å²) in [5, 5.41) is 4.65. The monoisotopic (exact) mass is 490 g/mol. The van der Waals surface area contributed by atoms with Gasteiger partial charge in [-0.2, -0.15) is 0 Å². The summed E-state index contributed by atoms with van der Waals surface area (Å²) in [5.74, 6) is -6.69. The Balaban J connectivity index is 1.41. The van der Waals surface area contributed by atoms with Crippen molar-refractivity contribution in [2.24, 2.45) is 0 Å². The van der Waals surface area contributed by atoms with Gasteiger partial charge in [-0.25, -0.2) is 18.2 Å². The van der Waals surface area contributed by atoms with Gasteiger partial charge in [0.1, 0.15) is 5.82 Å². The lowest BCUT2D eigenvalue weighted by Gasteiger charge is -2.14. The highest BCUT2D eigenvalue weighted by Crippen LogP contribution is 2.19. The van der Waals surface area contributed by atoms with Crippen molar-refractivity contribution in [2.75, 3.05) is 11.9 Å². The highest BCUT2D eigenvalue weighted by Gasteiger charge is 2.20. The van der Waals surface area contributed by atoms with E-state index in [2.05, 4.69) is 15.3 Å². The van der Waals surface area contributed by atoms with E-state index in [0.29, 0.717) is 35.6 Å². The number of hydrogen-bond donors (Lipinski definition) is 3. The molecule has 1 aromatic heterocycles. The second-order valence-electron chi connectivity index (χ2n) is 7.50. The molecule has 3 rings (SSSR count). The second kappa shape index (κ2) is 11.3. The summed E-state index contributed by atoms with van der Waals surface area (Å²) in [6.07, 6.45) is -0.675. The van der Waals surface area contributed by atoms with Crippen molar-refractivity contribution in [2.45, 2.75) is 32.3 Å². The summed E-state index contributed by atoms with van der Waals surface area (Å²) >= 11 is 0. The molecule has 0 saturated heterocycles. The van der Waals surface area contributed by atoms with Gasteiger partial charge < -0.3 is 20.4 Å². The van der Waals surface area contributed by atoms with Crippen LogP contribution in [-0.2, 0) is 25.5 Å². The van der Waals surface area contributed by atoms with Crippen LogP contribution in [0.3, 0.4) is 0 Å². The van der Waals surface area contributed by atoms with Crippen LogP contribution >= 0.6 is 0 Å². The number of nitrogens with one attached hydrogen (secondary N) is 3. The minimum Gasteiger partial charge on any atom is -0.453 e. The molecule has 0 aliphatic rings. The summed E-state index contributed by atoms with van der Waals surface area (Å²) in [6, 6.07) is 8.32. The highest BCUT2D eigenvalue weighted by atomic mass is 19.2. The van der Waals surface area contributed by atoms with Crippen LogP contribution in [0.5, 0.6) is 0 Å². The molecule has 0 bridgehead atoms. The molecule has 0 saturated carbocycles. The summed E-state index contributed by atoms with van der Waals surface area (Å²) < 4.78 is 44.8. The fraction of sp³-hybridized carbons (Fsp3) is 0.261. The van der Waals surface area contributed by atoms with Crippen LogP contribution in [0.25, 0.3) is 10.9 Å². The number of hydrogen-bond acceptors (Lipinski definition) is 6. The van der Waals surface area contributed by atoms with Crippen molar-refractivity contribution in [3.63, 3.8) is 0 Å². The van der Waals surface area contributed by atoms with E-state index in [1.54, 1.807) is 24.3 Å². The second-order valence-corrected chi connectivity index (χ2v) is 7.50. The number of esters is 1. The zero-order valence-corrected chi connectivity index (χ0v) is 18.5. The maximum atomic E-state index is 13.6. The number of H-pyrrole nitrogens is 1. The average Bonchev–Trinajstić information content (AvgIpc) is 2.83. The van der Waals surface area contributed by atoms with Crippen LogP contribution < -0.4 is 16.2 Å². The number of carbonyl (C=O) groups is 3. The lowest BCUT2D eigenvalue weighted by atomic mass is 10.2. The summed E-state index contributed by atoms with van der Waals surface area (Å²) in [6.45, 7) is 0.669. The van der Waals surface area contributed by atoms with Gasteiger partial charge in [0.25, 0.3) is 11.5 Å². The number of amides is 2. The molecule has 0 aliphatic carbocycles.